The highest BCUT2D eigenvalue weighted by Gasteiger charge is 2.11. The first kappa shape index (κ1) is 10.9. The van der Waals surface area contributed by atoms with Gasteiger partial charge in [0.25, 0.3) is 0 Å². The zero-order valence-corrected chi connectivity index (χ0v) is 8.51. The maximum atomic E-state index is 11.1. The number of nitrogens with zero attached hydrogens (tertiary/aromatic N) is 4. The number of carbonyl (C=O) groups excluding carboxylic acids is 1. The molecule has 0 spiro atoms. The smallest absolute Gasteiger partial charge is 0.224 e. The number of rotatable bonds is 2. The lowest BCUT2D eigenvalue weighted by Crippen LogP contribution is -2.25. The Hall–Kier alpha value is -2.18. The normalized spacial score (nSPS) is 9.47. The molecule has 0 aliphatic heterocycles. The summed E-state index contributed by atoms with van der Waals surface area (Å²) in [5, 5.41) is 0. The Morgan fingerprint density at radius 1 is 1.53 bits per heavy atom. The van der Waals surface area contributed by atoms with Gasteiger partial charge in [-0.25, -0.2) is 15.0 Å². The van der Waals surface area contributed by atoms with E-state index in [1.54, 1.807) is 7.05 Å². The fourth-order valence-electron chi connectivity index (χ4n) is 0.941. The summed E-state index contributed by atoms with van der Waals surface area (Å²) in [7, 11) is 1.58. The van der Waals surface area contributed by atoms with Gasteiger partial charge in [-0.3, -0.25) is 9.69 Å². The Labute approximate surface area is 86.8 Å². The van der Waals surface area contributed by atoms with E-state index in [1.165, 1.54) is 24.3 Å². The minimum Gasteiger partial charge on any atom is -0.370 e. The van der Waals surface area contributed by atoms with Crippen LogP contribution in [-0.4, -0.2) is 28.9 Å². The molecule has 0 unspecified atom stereocenters. The second kappa shape index (κ2) is 4.36. The summed E-state index contributed by atoms with van der Waals surface area (Å²) in [6, 6.07) is 0. The minimum atomic E-state index is -0.166. The first-order valence-corrected chi connectivity index (χ1v) is 4.16. The standard InChI is InChI=1S/C8H12N6O/c1-5(15)14(2)7-6(13-8(9)10)3-11-4-12-7/h3-4H,1-2H3,(H4,9,10,13). The third kappa shape index (κ3) is 2.63. The predicted molar refractivity (Wildman–Crippen MR) is 56.6 cm³/mol. The van der Waals surface area contributed by atoms with Gasteiger partial charge in [-0.1, -0.05) is 0 Å². The molecule has 15 heavy (non-hydrogen) atoms. The fraction of sp³-hybridized carbons (Fsp3) is 0.250. The number of amides is 1. The molecule has 0 bridgehead atoms. The summed E-state index contributed by atoms with van der Waals surface area (Å²) in [5.41, 5.74) is 10.8. The highest BCUT2D eigenvalue weighted by atomic mass is 16.2. The van der Waals surface area contributed by atoms with E-state index in [-0.39, 0.29) is 11.9 Å². The van der Waals surface area contributed by atoms with Crippen molar-refractivity contribution in [2.75, 3.05) is 11.9 Å². The molecule has 0 saturated heterocycles. The molecule has 7 nitrogen and oxygen atoms in total. The van der Waals surface area contributed by atoms with Crippen molar-refractivity contribution in [3.63, 3.8) is 0 Å². The van der Waals surface area contributed by atoms with Gasteiger partial charge in [0.05, 0.1) is 6.20 Å². The van der Waals surface area contributed by atoms with Gasteiger partial charge < -0.3 is 11.5 Å². The van der Waals surface area contributed by atoms with Crippen molar-refractivity contribution in [1.29, 1.82) is 0 Å². The van der Waals surface area contributed by atoms with Crippen LogP contribution in [0.4, 0.5) is 11.5 Å². The van der Waals surface area contributed by atoms with Gasteiger partial charge in [0.15, 0.2) is 11.8 Å². The van der Waals surface area contributed by atoms with Crippen LogP contribution >= 0.6 is 0 Å². The molecule has 1 rings (SSSR count). The summed E-state index contributed by atoms with van der Waals surface area (Å²) in [6.07, 6.45) is 2.75. The minimum absolute atomic E-state index is 0.108. The molecule has 0 aliphatic carbocycles. The molecule has 7 heteroatoms. The van der Waals surface area contributed by atoms with E-state index < -0.39 is 0 Å². The molecular formula is C8H12N6O. The zero-order valence-electron chi connectivity index (χ0n) is 8.51. The van der Waals surface area contributed by atoms with Crippen LogP contribution in [0.3, 0.4) is 0 Å². The van der Waals surface area contributed by atoms with Crippen molar-refractivity contribution in [3.05, 3.63) is 12.5 Å². The van der Waals surface area contributed by atoms with Crippen molar-refractivity contribution in [1.82, 2.24) is 9.97 Å². The lowest BCUT2D eigenvalue weighted by Gasteiger charge is -2.14. The summed E-state index contributed by atoms with van der Waals surface area (Å²) in [5.74, 6) is 0.0923. The number of aromatic nitrogens is 2. The van der Waals surface area contributed by atoms with Crippen molar-refractivity contribution in [2.45, 2.75) is 6.92 Å². The maximum absolute atomic E-state index is 11.1. The van der Waals surface area contributed by atoms with Crippen LogP contribution in [0.25, 0.3) is 0 Å². The summed E-state index contributed by atoms with van der Waals surface area (Å²) in [4.78, 5) is 24.0. The van der Waals surface area contributed by atoms with Crippen LogP contribution in [0.1, 0.15) is 6.92 Å². The van der Waals surface area contributed by atoms with Crippen LogP contribution in [0.15, 0.2) is 17.5 Å². The van der Waals surface area contributed by atoms with Gasteiger partial charge in [-0.2, -0.15) is 0 Å². The van der Waals surface area contributed by atoms with E-state index in [0.717, 1.165) is 0 Å². The SMILES string of the molecule is CC(=O)N(C)c1ncncc1N=C(N)N. The molecule has 0 atom stereocenters. The summed E-state index contributed by atoms with van der Waals surface area (Å²) in [6.45, 7) is 1.42. The average Bonchev–Trinajstić information content (AvgIpc) is 2.16. The molecule has 1 aromatic rings. The van der Waals surface area contributed by atoms with Gasteiger partial charge in [0, 0.05) is 14.0 Å². The summed E-state index contributed by atoms with van der Waals surface area (Å²) >= 11 is 0. The number of guanidine groups is 1. The maximum Gasteiger partial charge on any atom is 0.224 e. The van der Waals surface area contributed by atoms with Crippen molar-refractivity contribution >= 4 is 23.4 Å². The topological polar surface area (TPSA) is 110 Å². The van der Waals surface area contributed by atoms with Crippen molar-refractivity contribution in [2.24, 2.45) is 16.5 Å². The Morgan fingerprint density at radius 2 is 2.20 bits per heavy atom. The Kier molecular flexibility index (Phi) is 3.17. The van der Waals surface area contributed by atoms with Gasteiger partial charge in [0.1, 0.15) is 12.0 Å². The monoisotopic (exact) mass is 208 g/mol. The molecule has 0 radical (unpaired) electrons. The number of carbonyl (C=O) groups is 1. The lowest BCUT2D eigenvalue weighted by atomic mass is 10.4. The second-order valence-electron chi connectivity index (χ2n) is 2.85. The van der Waals surface area contributed by atoms with E-state index >= 15 is 0 Å². The average molecular weight is 208 g/mol. The second-order valence-corrected chi connectivity index (χ2v) is 2.85. The number of hydrogen-bond donors (Lipinski definition) is 2. The third-order valence-corrected chi connectivity index (χ3v) is 1.71. The molecule has 0 fully saturated rings. The van der Waals surface area contributed by atoms with Crippen molar-refractivity contribution in [3.8, 4) is 0 Å². The number of hydrogen-bond acceptors (Lipinski definition) is 4. The van der Waals surface area contributed by atoms with E-state index in [4.69, 9.17) is 11.5 Å². The molecule has 0 aromatic carbocycles. The summed E-state index contributed by atoms with van der Waals surface area (Å²) < 4.78 is 0. The first-order valence-electron chi connectivity index (χ1n) is 4.16. The van der Waals surface area contributed by atoms with Gasteiger partial charge in [-0.15, -0.1) is 0 Å². The largest absolute Gasteiger partial charge is 0.370 e. The van der Waals surface area contributed by atoms with E-state index in [0.29, 0.717) is 11.5 Å². The molecule has 1 aromatic heterocycles. The molecule has 0 aliphatic rings. The van der Waals surface area contributed by atoms with Gasteiger partial charge >= 0.3 is 0 Å². The van der Waals surface area contributed by atoms with E-state index in [2.05, 4.69) is 15.0 Å². The third-order valence-electron chi connectivity index (χ3n) is 1.71. The van der Waals surface area contributed by atoms with Crippen LogP contribution in [0.2, 0.25) is 0 Å². The predicted octanol–water partition coefficient (Wildman–Crippen LogP) is -0.636. The fourth-order valence-corrected chi connectivity index (χ4v) is 0.941. The molecule has 80 valence electrons. The highest BCUT2D eigenvalue weighted by Crippen LogP contribution is 2.23. The van der Waals surface area contributed by atoms with Crippen LogP contribution < -0.4 is 16.4 Å². The quantitative estimate of drug-likeness (QED) is 0.496. The first-order chi connectivity index (χ1) is 7.02. The number of nitrogens with two attached hydrogens (primary N) is 2. The van der Waals surface area contributed by atoms with Gasteiger partial charge in [-0.05, 0) is 0 Å². The molecular weight excluding hydrogens is 196 g/mol. The van der Waals surface area contributed by atoms with Crippen LogP contribution in [0.5, 0.6) is 0 Å². The number of aliphatic imine (C=N–C) groups is 1. The Bertz CT molecular complexity index is 398. The van der Waals surface area contributed by atoms with Crippen LogP contribution in [0, 0.1) is 0 Å². The Morgan fingerprint density at radius 3 is 2.73 bits per heavy atom. The molecule has 1 heterocycles. The molecule has 0 saturated carbocycles. The molecule has 4 N–H and O–H groups in total. The Balaban J connectivity index is 3.17. The highest BCUT2D eigenvalue weighted by molar-refractivity contribution is 5.93. The van der Waals surface area contributed by atoms with Crippen molar-refractivity contribution < 1.29 is 4.79 Å². The van der Waals surface area contributed by atoms with E-state index in [1.807, 2.05) is 0 Å². The van der Waals surface area contributed by atoms with E-state index in [9.17, 15) is 4.79 Å². The van der Waals surface area contributed by atoms with Crippen LogP contribution in [-0.2, 0) is 4.79 Å². The number of anilines is 1. The lowest BCUT2D eigenvalue weighted by molar-refractivity contribution is -0.116. The van der Waals surface area contributed by atoms with Gasteiger partial charge in [0.2, 0.25) is 5.91 Å². The zero-order chi connectivity index (χ0) is 11.4. The molecule has 1 amide bonds.